The van der Waals surface area contributed by atoms with Gasteiger partial charge in [-0.3, -0.25) is 0 Å². The highest BCUT2D eigenvalue weighted by molar-refractivity contribution is 7.98. The Morgan fingerprint density at radius 1 is 1.43 bits per heavy atom. The van der Waals surface area contributed by atoms with Crippen molar-refractivity contribution in [1.29, 1.82) is 5.26 Å². The minimum atomic E-state index is 0.628. The molecule has 0 fully saturated rings. The molecule has 0 bridgehead atoms. The van der Waals surface area contributed by atoms with Crippen LogP contribution in [0.5, 0.6) is 0 Å². The van der Waals surface area contributed by atoms with Crippen LogP contribution in [0.3, 0.4) is 0 Å². The van der Waals surface area contributed by atoms with Crippen LogP contribution in [0.15, 0.2) is 29.6 Å². The van der Waals surface area contributed by atoms with Crippen LogP contribution < -0.4 is 0 Å². The van der Waals surface area contributed by atoms with E-state index in [9.17, 15) is 0 Å². The normalized spacial score (nSPS) is 10.0. The first kappa shape index (κ1) is 8.97. The van der Waals surface area contributed by atoms with Crippen molar-refractivity contribution in [3.05, 3.63) is 30.0 Å². The zero-order valence-corrected chi connectivity index (χ0v) is 8.38. The summed E-state index contributed by atoms with van der Waals surface area (Å²) in [5, 5.41) is 10.4. The third kappa shape index (κ3) is 1.54. The summed E-state index contributed by atoms with van der Waals surface area (Å²) < 4.78 is 0. The van der Waals surface area contributed by atoms with Gasteiger partial charge in [0.15, 0.2) is 5.16 Å². The van der Waals surface area contributed by atoms with E-state index in [0.29, 0.717) is 5.56 Å². The molecule has 68 valence electrons. The Morgan fingerprint density at radius 2 is 2.29 bits per heavy atom. The van der Waals surface area contributed by atoms with Crippen LogP contribution in [0.2, 0.25) is 0 Å². The molecule has 3 nitrogen and oxygen atoms in total. The largest absolute Gasteiger partial charge is 0.230 e. The summed E-state index contributed by atoms with van der Waals surface area (Å²) in [6, 6.07) is 7.49. The monoisotopic (exact) mass is 201 g/mol. The fourth-order valence-corrected chi connectivity index (χ4v) is 1.52. The van der Waals surface area contributed by atoms with Crippen molar-refractivity contribution in [1.82, 2.24) is 9.97 Å². The minimum Gasteiger partial charge on any atom is -0.230 e. The topological polar surface area (TPSA) is 49.6 Å². The number of rotatable bonds is 1. The first-order chi connectivity index (χ1) is 6.83. The van der Waals surface area contributed by atoms with Crippen molar-refractivity contribution in [2.24, 2.45) is 0 Å². The van der Waals surface area contributed by atoms with Gasteiger partial charge < -0.3 is 0 Å². The second kappa shape index (κ2) is 3.64. The molecule has 0 aliphatic rings. The Kier molecular flexibility index (Phi) is 2.33. The molecule has 0 amide bonds. The molecule has 0 saturated heterocycles. The molecule has 0 aliphatic carbocycles. The minimum absolute atomic E-state index is 0.628. The van der Waals surface area contributed by atoms with E-state index in [0.717, 1.165) is 16.1 Å². The van der Waals surface area contributed by atoms with Crippen LogP contribution in [0.4, 0.5) is 0 Å². The third-order valence-electron chi connectivity index (χ3n) is 1.87. The Morgan fingerprint density at radius 3 is 3.00 bits per heavy atom. The van der Waals surface area contributed by atoms with Crippen LogP contribution in [0, 0.1) is 11.3 Å². The van der Waals surface area contributed by atoms with E-state index in [4.69, 9.17) is 5.26 Å². The summed E-state index contributed by atoms with van der Waals surface area (Å²) in [5.74, 6) is 0. The van der Waals surface area contributed by atoms with Crippen LogP contribution in [-0.4, -0.2) is 16.2 Å². The molecule has 2 rings (SSSR count). The number of nitrogens with zero attached hydrogens (tertiary/aromatic N) is 3. The molecule has 0 atom stereocenters. The fourth-order valence-electron chi connectivity index (χ4n) is 1.17. The summed E-state index contributed by atoms with van der Waals surface area (Å²) in [6.45, 7) is 0. The molecule has 4 heteroatoms. The van der Waals surface area contributed by atoms with Gasteiger partial charge in [-0.15, -0.1) is 0 Å². The van der Waals surface area contributed by atoms with Gasteiger partial charge in [-0.2, -0.15) is 5.26 Å². The maximum Gasteiger partial charge on any atom is 0.187 e. The SMILES string of the molecule is CSc1ncc2ccc(C#N)cc2n1. The maximum absolute atomic E-state index is 8.72. The fraction of sp³-hybridized carbons (Fsp3) is 0.100. The van der Waals surface area contributed by atoms with Gasteiger partial charge in [0.05, 0.1) is 17.1 Å². The van der Waals surface area contributed by atoms with Crippen LogP contribution in [-0.2, 0) is 0 Å². The van der Waals surface area contributed by atoms with E-state index in [2.05, 4.69) is 16.0 Å². The molecule has 0 radical (unpaired) electrons. The lowest BCUT2D eigenvalue weighted by Gasteiger charge is -1.98. The van der Waals surface area contributed by atoms with Crippen molar-refractivity contribution in [3.63, 3.8) is 0 Å². The number of hydrogen-bond donors (Lipinski definition) is 0. The number of benzene rings is 1. The highest BCUT2D eigenvalue weighted by Gasteiger charge is 1.99. The van der Waals surface area contributed by atoms with Crippen LogP contribution in [0.1, 0.15) is 5.56 Å². The lowest BCUT2D eigenvalue weighted by molar-refractivity contribution is 1.01. The number of hydrogen-bond acceptors (Lipinski definition) is 4. The van der Waals surface area contributed by atoms with Crippen LogP contribution >= 0.6 is 11.8 Å². The van der Waals surface area contributed by atoms with Crippen molar-refractivity contribution in [2.45, 2.75) is 5.16 Å². The van der Waals surface area contributed by atoms with Crippen molar-refractivity contribution in [2.75, 3.05) is 6.26 Å². The summed E-state index contributed by atoms with van der Waals surface area (Å²) in [5.41, 5.74) is 1.45. The van der Waals surface area contributed by atoms with Gasteiger partial charge in [0.2, 0.25) is 0 Å². The predicted molar refractivity (Wildman–Crippen MR) is 56.0 cm³/mol. The Labute approximate surface area is 85.8 Å². The van der Waals surface area contributed by atoms with E-state index >= 15 is 0 Å². The standard InChI is InChI=1S/C10H7N3S/c1-14-10-12-6-8-3-2-7(5-11)4-9(8)13-10/h2-4,6H,1H3. The smallest absolute Gasteiger partial charge is 0.187 e. The summed E-state index contributed by atoms with van der Waals surface area (Å²) in [6.07, 6.45) is 3.70. The van der Waals surface area contributed by atoms with E-state index in [1.165, 1.54) is 11.8 Å². The predicted octanol–water partition coefficient (Wildman–Crippen LogP) is 2.22. The molecule has 0 aliphatic heterocycles. The zero-order chi connectivity index (χ0) is 9.97. The lowest BCUT2D eigenvalue weighted by atomic mass is 10.2. The quantitative estimate of drug-likeness (QED) is 0.524. The van der Waals surface area contributed by atoms with E-state index in [1.54, 1.807) is 18.3 Å². The molecule has 0 unspecified atom stereocenters. The summed E-state index contributed by atoms with van der Waals surface area (Å²) in [7, 11) is 0. The Balaban J connectivity index is 2.67. The van der Waals surface area contributed by atoms with Gasteiger partial charge in [-0.05, 0) is 24.5 Å². The van der Waals surface area contributed by atoms with Crippen molar-refractivity contribution >= 4 is 22.7 Å². The molecule has 1 aromatic heterocycles. The van der Waals surface area contributed by atoms with Gasteiger partial charge >= 0.3 is 0 Å². The molecule has 0 N–H and O–H groups in total. The molecule has 0 saturated carbocycles. The lowest BCUT2D eigenvalue weighted by Crippen LogP contribution is -1.87. The second-order valence-corrected chi connectivity index (χ2v) is 3.52. The summed E-state index contributed by atoms with van der Waals surface area (Å²) in [4.78, 5) is 8.45. The number of nitriles is 1. The molecular formula is C10H7N3S. The van der Waals surface area contributed by atoms with Gasteiger partial charge in [0.25, 0.3) is 0 Å². The molecule has 0 spiro atoms. The van der Waals surface area contributed by atoms with E-state index < -0.39 is 0 Å². The average Bonchev–Trinajstić information content (AvgIpc) is 2.27. The number of thioether (sulfide) groups is 1. The molecule has 1 aromatic carbocycles. The first-order valence-corrected chi connectivity index (χ1v) is 5.27. The highest BCUT2D eigenvalue weighted by Crippen LogP contribution is 2.16. The molecular weight excluding hydrogens is 194 g/mol. The number of aromatic nitrogens is 2. The molecule has 2 aromatic rings. The van der Waals surface area contributed by atoms with Gasteiger partial charge in [0.1, 0.15) is 0 Å². The second-order valence-electron chi connectivity index (χ2n) is 2.74. The maximum atomic E-state index is 8.72. The number of fused-ring (bicyclic) bond motifs is 1. The summed E-state index contributed by atoms with van der Waals surface area (Å²) >= 11 is 1.49. The first-order valence-electron chi connectivity index (χ1n) is 4.04. The molecule has 14 heavy (non-hydrogen) atoms. The molecule has 1 heterocycles. The zero-order valence-electron chi connectivity index (χ0n) is 7.56. The van der Waals surface area contributed by atoms with Crippen molar-refractivity contribution in [3.8, 4) is 6.07 Å². The van der Waals surface area contributed by atoms with Gasteiger partial charge in [-0.1, -0.05) is 11.8 Å². The highest BCUT2D eigenvalue weighted by atomic mass is 32.2. The van der Waals surface area contributed by atoms with E-state index in [-0.39, 0.29) is 0 Å². The third-order valence-corrected chi connectivity index (χ3v) is 2.43. The van der Waals surface area contributed by atoms with Crippen LogP contribution in [0.25, 0.3) is 10.9 Å². The van der Waals surface area contributed by atoms with Gasteiger partial charge in [-0.25, -0.2) is 9.97 Å². The Bertz CT molecular complexity index is 516. The Hall–Kier alpha value is -1.60. The average molecular weight is 201 g/mol. The van der Waals surface area contributed by atoms with Gasteiger partial charge in [0, 0.05) is 11.6 Å². The van der Waals surface area contributed by atoms with Crippen molar-refractivity contribution < 1.29 is 0 Å². The van der Waals surface area contributed by atoms with E-state index in [1.807, 2.05) is 12.3 Å².